The summed E-state index contributed by atoms with van der Waals surface area (Å²) in [4.78, 5) is 10.9. The molecule has 0 radical (unpaired) electrons. The van der Waals surface area contributed by atoms with E-state index in [9.17, 15) is 4.79 Å². The number of nitrogens with two attached hydrogens (primary N) is 1. The van der Waals surface area contributed by atoms with Gasteiger partial charge in [-0.25, -0.2) is 0 Å². The van der Waals surface area contributed by atoms with Gasteiger partial charge in [0.15, 0.2) is 18.1 Å². The maximum atomic E-state index is 10.9. The molecule has 0 saturated carbocycles. The second-order valence-electron chi connectivity index (χ2n) is 7.84. The van der Waals surface area contributed by atoms with Gasteiger partial charge in [-0.1, -0.05) is 20.8 Å². The highest BCUT2D eigenvalue weighted by Crippen LogP contribution is 2.37. The van der Waals surface area contributed by atoms with Crippen LogP contribution in [-0.4, -0.2) is 25.2 Å². The van der Waals surface area contributed by atoms with Crippen molar-refractivity contribution in [3.63, 3.8) is 0 Å². The summed E-state index contributed by atoms with van der Waals surface area (Å²) in [6.07, 6.45) is 1.05. The Labute approximate surface area is 165 Å². The van der Waals surface area contributed by atoms with Gasteiger partial charge in [0, 0.05) is 12.1 Å². The molecule has 0 aromatic heterocycles. The highest BCUT2D eigenvalue weighted by molar-refractivity contribution is 9.10. The smallest absolute Gasteiger partial charge is 0.255 e. The lowest BCUT2D eigenvalue weighted by Crippen LogP contribution is -2.41. The Kier molecular flexibility index (Phi) is 9.27. The van der Waals surface area contributed by atoms with Crippen molar-refractivity contribution in [3.8, 4) is 11.5 Å². The van der Waals surface area contributed by atoms with E-state index in [1.54, 1.807) is 7.11 Å². The maximum absolute atomic E-state index is 10.9. The molecule has 0 aliphatic heterocycles. The summed E-state index contributed by atoms with van der Waals surface area (Å²) in [5.41, 5.74) is 6.45. The topological polar surface area (TPSA) is 73.6 Å². The zero-order valence-corrected chi connectivity index (χ0v) is 18.3. The fourth-order valence-electron chi connectivity index (χ4n) is 2.89. The van der Waals surface area contributed by atoms with E-state index in [0.29, 0.717) is 18.0 Å². The summed E-state index contributed by atoms with van der Waals surface area (Å²) >= 11 is 3.47. The number of primary amides is 1. The number of nitrogens with one attached hydrogen (secondary N) is 1. The van der Waals surface area contributed by atoms with Crippen molar-refractivity contribution in [1.29, 1.82) is 0 Å². The maximum Gasteiger partial charge on any atom is 0.255 e. The lowest BCUT2D eigenvalue weighted by atomic mass is 9.82. The first-order valence-electron chi connectivity index (χ1n) is 7.96. The van der Waals surface area contributed by atoms with Crippen LogP contribution in [0.25, 0.3) is 0 Å². The van der Waals surface area contributed by atoms with Crippen LogP contribution < -0.4 is 20.5 Å². The van der Waals surface area contributed by atoms with Crippen LogP contribution >= 0.6 is 28.3 Å². The number of halogens is 2. The number of hydrogen-bond acceptors (Lipinski definition) is 4. The average Bonchev–Trinajstić information content (AvgIpc) is 2.40. The molecule has 25 heavy (non-hydrogen) atoms. The minimum absolute atomic E-state index is 0. The van der Waals surface area contributed by atoms with Gasteiger partial charge in [0.1, 0.15) is 0 Å². The van der Waals surface area contributed by atoms with Gasteiger partial charge in [-0.3, -0.25) is 4.79 Å². The fraction of sp³-hybridized carbons (Fsp3) is 0.611. The molecule has 3 N–H and O–H groups in total. The molecule has 0 spiro atoms. The number of methoxy groups -OCH3 is 1. The van der Waals surface area contributed by atoms with E-state index in [-0.39, 0.29) is 30.0 Å². The van der Waals surface area contributed by atoms with E-state index < -0.39 is 5.91 Å². The summed E-state index contributed by atoms with van der Waals surface area (Å²) in [5.74, 6) is 0.517. The third-order valence-corrected chi connectivity index (χ3v) is 3.98. The molecule has 7 heteroatoms. The normalized spacial score (nSPS) is 11.6. The van der Waals surface area contributed by atoms with Crippen molar-refractivity contribution in [2.24, 2.45) is 11.1 Å². The lowest BCUT2D eigenvalue weighted by Gasteiger charge is -2.33. The quantitative estimate of drug-likeness (QED) is 0.643. The molecule has 144 valence electrons. The summed E-state index contributed by atoms with van der Waals surface area (Å²) in [6.45, 7) is 11.6. The summed E-state index contributed by atoms with van der Waals surface area (Å²) in [5, 5.41) is 3.59. The van der Waals surface area contributed by atoms with Crippen LogP contribution in [0.3, 0.4) is 0 Å². The predicted molar refractivity (Wildman–Crippen MR) is 108 cm³/mol. The molecule has 1 rings (SSSR count). The Balaban J connectivity index is 0.00000576. The van der Waals surface area contributed by atoms with E-state index in [0.717, 1.165) is 16.5 Å². The number of rotatable bonds is 8. The van der Waals surface area contributed by atoms with Crippen molar-refractivity contribution in [3.05, 3.63) is 22.2 Å². The van der Waals surface area contributed by atoms with E-state index in [1.165, 1.54) is 0 Å². The number of amides is 1. The summed E-state index contributed by atoms with van der Waals surface area (Å²) in [6, 6.07) is 3.86. The molecule has 0 aliphatic carbocycles. The van der Waals surface area contributed by atoms with Crippen LogP contribution in [0.4, 0.5) is 0 Å². The van der Waals surface area contributed by atoms with Crippen molar-refractivity contribution in [2.45, 2.75) is 53.1 Å². The molecular formula is C18H30BrClN2O3. The zero-order chi connectivity index (χ0) is 18.5. The molecule has 0 atom stereocenters. The Morgan fingerprint density at radius 1 is 1.24 bits per heavy atom. The predicted octanol–water partition coefficient (Wildman–Crippen LogP) is 4.05. The van der Waals surface area contributed by atoms with Crippen LogP contribution in [0.15, 0.2) is 16.6 Å². The molecule has 1 amide bonds. The Bertz CT molecular complexity index is 586. The summed E-state index contributed by atoms with van der Waals surface area (Å²) < 4.78 is 11.5. The van der Waals surface area contributed by atoms with Gasteiger partial charge in [-0.15, -0.1) is 12.4 Å². The largest absolute Gasteiger partial charge is 0.493 e. The highest BCUT2D eigenvalue weighted by atomic mass is 79.9. The van der Waals surface area contributed by atoms with Crippen LogP contribution in [0.2, 0.25) is 0 Å². The second kappa shape index (κ2) is 9.64. The SMILES string of the molecule is COc1cc(CNC(C)(C)CC(C)(C)C)cc(Br)c1OCC(N)=O.Cl. The lowest BCUT2D eigenvalue weighted by molar-refractivity contribution is -0.119. The van der Waals surface area contributed by atoms with Crippen molar-refractivity contribution in [1.82, 2.24) is 5.32 Å². The molecule has 5 nitrogen and oxygen atoms in total. The van der Waals surface area contributed by atoms with Gasteiger partial charge >= 0.3 is 0 Å². The molecule has 0 fully saturated rings. The number of ether oxygens (including phenoxy) is 2. The van der Waals surface area contributed by atoms with Gasteiger partial charge in [-0.2, -0.15) is 0 Å². The van der Waals surface area contributed by atoms with E-state index in [4.69, 9.17) is 15.2 Å². The minimum atomic E-state index is -0.529. The van der Waals surface area contributed by atoms with Crippen LogP contribution in [-0.2, 0) is 11.3 Å². The third kappa shape index (κ3) is 8.79. The average molecular weight is 438 g/mol. The zero-order valence-electron chi connectivity index (χ0n) is 15.9. The minimum Gasteiger partial charge on any atom is -0.493 e. The Morgan fingerprint density at radius 3 is 2.32 bits per heavy atom. The van der Waals surface area contributed by atoms with E-state index >= 15 is 0 Å². The number of carbonyl (C=O) groups is 1. The first-order valence-corrected chi connectivity index (χ1v) is 8.75. The van der Waals surface area contributed by atoms with E-state index in [2.05, 4.69) is 55.9 Å². The Hall–Kier alpha value is -0.980. The fourth-order valence-corrected chi connectivity index (χ4v) is 3.49. The van der Waals surface area contributed by atoms with Gasteiger partial charge in [0.05, 0.1) is 11.6 Å². The third-order valence-electron chi connectivity index (χ3n) is 3.39. The van der Waals surface area contributed by atoms with Crippen LogP contribution in [0.5, 0.6) is 11.5 Å². The number of benzene rings is 1. The molecule has 1 aromatic carbocycles. The second-order valence-corrected chi connectivity index (χ2v) is 8.69. The van der Waals surface area contributed by atoms with Gasteiger partial charge in [-0.05, 0) is 59.3 Å². The molecule has 1 aromatic rings. The van der Waals surface area contributed by atoms with Gasteiger partial charge in [0.2, 0.25) is 0 Å². The first kappa shape index (κ1) is 24.0. The van der Waals surface area contributed by atoms with E-state index in [1.807, 2.05) is 12.1 Å². The van der Waals surface area contributed by atoms with Gasteiger partial charge < -0.3 is 20.5 Å². The monoisotopic (exact) mass is 436 g/mol. The van der Waals surface area contributed by atoms with Crippen molar-refractivity contribution >= 4 is 34.2 Å². The van der Waals surface area contributed by atoms with Gasteiger partial charge in [0.25, 0.3) is 5.91 Å². The molecule has 0 bridgehead atoms. The molecular weight excluding hydrogens is 408 g/mol. The van der Waals surface area contributed by atoms with Crippen LogP contribution in [0, 0.1) is 5.41 Å². The standard InChI is InChI=1S/C18H29BrN2O3.ClH/c1-17(2,3)11-18(4,5)21-9-12-7-13(19)16(14(8-12)23-6)24-10-15(20)22;/h7-8,21H,9-11H2,1-6H3,(H2,20,22);1H. The Morgan fingerprint density at radius 2 is 1.84 bits per heavy atom. The highest BCUT2D eigenvalue weighted by Gasteiger charge is 2.25. The van der Waals surface area contributed by atoms with Crippen molar-refractivity contribution < 1.29 is 14.3 Å². The van der Waals surface area contributed by atoms with Crippen LogP contribution in [0.1, 0.15) is 46.6 Å². The molecule has 0 unspecified atom stereocenters. The molecule has 0 heterocycles. The number of hydrogen-bond donors (Lipinski definition) is 2. The van der Waals surface area contributed by atoms with Crippen molar-refractivity contribution in [2.75, 3.05) is 13.7 Å². The summed E-state index contributed by atoms with van der Waals surface area (Å²) in [7, 11) is 1.57. The molecule has 0 saturated heterocycles. The number of carbonyl (C=O) groups excluding carboxylic acids is 1. The molecule has 0 aliphatic rings. The first-order chi connectivity index (χ1) is 10.9.